The molecule has 0 aromatic carbocycles. The number of likely N-dealkylation sites (tertiary alicyclic amines) is 1. The summed E-state index contributed by atoms with van der Waals surface area (Å²) in [5.41, 5.74) is 0. The van der Waals surface area contributed by atoms with E-state index >= 15 is 0 Å². The second-order valence-electron chi connectivity index (χ2n) is 4.41. The molecule has 1 aromatic rings. The average molecular weight is 223 g/mol. The summed E-state index contributed by atoms with van der Waals surface area (Å²) in [4.78, 5) is 14.1. The van der Waals surface area contributed by atoms with E-state index < -0.39 is 0 Å². The fourth-order valence-electron chi connectivity index (χ4n) is 2.03. The molecule has 0 bridgehead atoms. The largest absolute Gasteiger partial charge is 0.360 e. The van der Waals surface area contributed by atoms with Crippen LogP contribution in [0.4, 0.5) is 5.82 Å². The van der Waals surface area contributed by atoms with Gasteiger partial charge in [0.05, 0.1) is 5.92 Å². The van der Waals surface area contributed by atoms with Crippen molar-refractivity contribution in [1.29, 1.82) is 0 Å². The molecule has 1 aliphatic rings. The van der Waals surface area contributed by atoms with E-state index in [1.165, 1.54) is 0 Å². The van der Waals surface area contributed by atoms with E-state index in [9.17, 15) is 4.79 Å². The van der Waals surface area contributed by atoms with E-state index in [-0.39, 0.29) is 11.8 Å². The van der Waals surface area contributed by atoms with Crippen LogP contribution in [0.15, 0.2) is 10.6 Å². The summed E-state index contributed by atoms with van der Waals surface area (Å²) in [6.07, 6.45) is 2.03. The summed E-state index contributed by atoms with van der Waals surface area (Å²) < 4.78 is 4.90. The molecule has 0 saturated carbocycles. The van der Waals surface area contributed by atoms with E-state index in [4.69, 9.17) is 4.52 Å². The summed E-state index contributed by atoms with van der Waals surface area (Å²) in [7, 11) is 2.04. The lowest BCUT2D eigenvalue weighted by Crippen LogP contribution is -2.38. The van der Waals surface area contributed by atoms with Gasteiger partial charge in [0.1, 0.15) is 5.76 Å². The molecule has 0 radical (unpaired) electrons. The lowest BCUT2D eigenvalue weighted by molar-refractivity contribution is -0.121. The zero-order chi connectivity index (χ0) is 11.5. The van der Waals surface area contributed by atoms with Crippen LogP contribution in [0.1, 0.15) is 18.6 Å². The van der Waals surface area contributed by atoms with Crippen molar-refractivity contribution in [2.75, 3.05) is 25.5 Å². The Bertz CT molecular complexity index is 375. The second kappa shape index (κ2) is 4.65. The maximum atomic E-state index is 11.9. The molecule has 1 aromatic heterocycles. The van der Waals surface area contributed by atoms with Crippen molar-refractivity contribution in [2.45, 2.75) is 19.8 Å². The quantitative estimate of drug-likeness (QED) is 0.820. The van der Waals surface area contributed by atoms with Crippen molar-refractivity contribution < 1.29 is 9.32 Å². The van der Waals surface area contributed by atoms with Gasteiger partial charge in [-0.1, -0.05) is 5.16 Å². The molecule has 1 aliphatic heterocycles. The van der Waals surface area contributed by atoms with E-state index in [2.05, 4.69) is 15.4 Å². The van der Waals surface area contributed by atoms with Crippen LogP contribution in [-0.4, -0.2) is 36.1 Å². The predicted octanol–water partition coefficient (Wildman–Crippen LogP) is 1.26. The third-order valence-corrected chi connectivity index (χ3v) is 2.87. The molecular weight excluding hydrogens is 206 g/mol. The molecular formula is C11H17N3O2. The van der Waals surface area contributed by atoms with Gasteiger partial charge in [0.25, 0.3) is 0 Å². The Balaban J connectivity index is 1.92. The average Bonchev–Trinajstić information content (AvgIpc) is 2.64. The van der Waals surface area contributed by atoms with Gasteiger partial charge < -0.3 is 14.7 Å². The number of carbonyl (C=O) groups excluding carboxylic acids is 1. The molecule has 1 N–H and O–H groups in total. The van der Waals surface area contributed by atoms with Gasteiger partial charge in [0.2, 0.25) is 5.91 Å². The summed E-state index contributed by atoms with van der Waals surface area (Å²) >= 11 is 0. The van der Waals surface area contributed by atoms with E-state index in [1.807, 2.05) is 7.05 Å². The smallest absolute Gasteiger partial charge is 0.230 e. The van der Waals surface area contributed by atoms with Crippen LogP contribution in [0.25, 0.3) is 0 Å². The van der Waals surface area contributed by atoms with Gasteiger partial charge in [-0.05, 0) is 33.4 Å². The number of nitrogens with one attached hydrogen (secondary N) is 1. The van der Waals surface area contributed by atoms with E-state index in [0.29, 0.717) is 11.6 Å². The minimum atomic E-state index is 0.0415. The predicted molar refractivity (Wildman–Crippen MR) is 60.1 cm³/mol. The molecule has 1 fully saturated rings. The molecule has 1 saturated heterocycles. The molecule has 1 unspecified atom stereocenters. The first-order valence-electron chi connectivity index (χ1n) is 5.58. The van der Waals surface area contributed by atoms with Crippen molar-refractivity contribution in [1.82, 2.24) is 10.1 Å². The highest BCUT2D eigenvalue weighted by Crippen LogP contribution is 2.17. The Morgan fingerprint density at radius 2 is 2.50 bits per heavy atom. The van der Waals surface area contributed by atoms with Gasteiger partial charge >= 0.3 is 0 Å². The van der Waals surface area contributed by atoms with Gasteiger partial charge in [-0.3, -0.25) is 4.79 Å². The topological polar surface area (TPSA) is 58.4 Å². The van der Waals surface area contributed by atoms with Gasteiger partial charge in [-0.15, -0.1) is 0 Å². The molecule has 5 heteroatoms. The number of hydrogen-bond donors (Lipinski definition) is 1. The first-order valence-corrected chi connectivity index (χ1v) is 5.58. The number of aromatic nitrogens is 1. The molecule has 0 aliphatic carbocycles. The summed E-state index contributed by atoms with van der Waals surface area (Å²) in [5, 5.41) is 6.53. The third-order valence-electron chi connectivity index (χ3n) is 2.87. The van der Waals surface area contributed by atoms with Crippen molar-refractivity contribution in [3.05, 3.63) is 11.8 Å². The highest BCUT2D eigenvalue weighted by atomic mass is 16.5. The van der Waals surface area contributed by atoms with Crippen molar-refractivity contribution in [3.8, 4) is 0 Å². The minimum absolute atomic E-state index is 0.0415. The Morgan fingerprint density at radius 1 is 1.69 bits per heavy atom. The number of rotatable bonds is 2. The van der Waals surface area contributed by atoms with E-state index in [0.717, 1.165) is 25.9 Å². The maximum Gasteiger partial charge on any atom is 0.230 e. The second-order valence-corrected chi connectivity index (χ2v) is 4.41. The van der Waals surface area contributed by atoms with Crippen LogP contribution in [0, 0.1) is 12.8 Å². The van der Waals surface area contributed by atoms with Gasteiger partial charge in [0.15, 0.2) is 5.82 Å². The zero-order valence-corrected chi connectivity index (χ0v) is 9.69. The van der Waals surface area contributed by atoms with Crippen molar-refractivity contribution in [3.63, 3.8) is 0 Å². The molecule has 0 spiro atoms. The summed E-state index contributed by atoms with van der Waals surface area (Å²) in [6, 6.07) is 1.73. The number of aryl methyl sites for hydroxylation is 1. The Morgan fingerprint density at radius 3 is 3.12 bits per heavy atom. The molecule has 5 nitrogen and oxygen atoms in total. The number of nitrogens with zero attached hydrogens (tertiary/aromatic N) is 2. The molecule has 16 heavy (non-hydrogen) atoms. The Labute approximate surface area is 94.8 Å². The number of hydrogen-bond acceptors (Lipinski definition) is 4. The van der Waals surface area contributed by atoms with Gasteiger partial charge in [0, 0.05) is 12.6 Å². The Hall–Kier alpha value is -1.36. The molecule has 1 amide bonds. The highest BCUT2D eigenvalue weighted by Gasteiger charge is 2.24. The fourth-order valence-corrected chi connectivity index (χ4v) is 2.03. The first kappa shape index (κ1) is 11.1. The number of piperidine rings is 1. The molecule has 88 valence electrons. The third kappa shape index (κ3) is 2.61. The van der Waals surface area contributed by atoms with Crippen molar-refractivity contribution in [2.24, 2.45) is 5.92 Å². The van der Waals surface area contributed by atoms with Gasteiger partial charge in [-0.2, -0.15) is 0 Å². The first-order chi connectivity index (χ1) is 7.65. The summed E-state index contributed by atoms with van der Waals surface area (Å²) in [5.74, 6) is 1.32. The van der Waals surface area contributed by atoms with Crippen LogP contribution in [-0.2, 0) is 4.79 Å². The van der Waals surface area contributed by atoms with Crippen LogP contribution < -0.4 is 5.32 Å². The molecule has 1 atom stereocenters. The monoisotopic (exact) mass is 223 g/mol. The van der Waals surface area contributed by atoms with E-state index in [1.54, 1.807) is 13.0 Å². The lowest BCUT2D eigenvalue weighted by atomic mass is 9.98. The minimum Gasteiger partial charge on any atom is -0.360 e. The fraction of sp³-hybridized carbons (Fsp3) is 0.636. The highest BCUT2D eigenvalue weighted by molar-refractivity contribution is 5.91. The molecule has 2 heterocycles. The van der Waals surface area contributed by atoms with Crippen LogP contribution in [0.2, 0.25) is 0 Å². The molecule has 2 rings (SSSR count). The van der Waals surface area contributed by atoms with Crippen LogP contribution in [0.5, 0.6) is 0 Å². The van der Waals surface area contributed by atoms with Gasteiger partial charge in [-0.25, -0.2) is 0 Å². The standard InChI is InChI=1S/C11H17N3O2/c1-8-6-10(13-16-8)12-11(15)9-4-3-5-14(2)7-9/h6,9H,3-5,7H2,1-2H3,(H,12,13,15). The maximum absolute atomic E-state index is 11.9. The number of carbonyl (C=O) groups is 1. The number of amides is 1. The zero-order valence-electron chi connectivity index (χ0n) is 9.69. The van der Waals surface area contributed by atoms with Crippen molar-refractivity contribution >= 4 is 11.7 Å². The Kier molecular flexibility index (Phi) is 3.24. The summed E-state index contributed by atoms with van der Waals surface area (Å²) in [6.45, 7) is 3.70. The normalized spacial score (nSPS) is 22.0. The van der Waals surface area contributed by atoms with Crippen LogP contribution in [0.3, 0.4) is 0 Å². The van der Waals surface area contributed by atoms with Crippen LogP contribution >= 0.6 is 0 Å². The lowest BCUT2D eigenvalue weighted by Gasteiger charge is -2.28. The SMILES string of the molecule is Cc1cc(NC(=O)C2CCCN(C)C2)no1. The number of anilines is 1.